The fourth-order valence-electron chi connectivity index (χ4n) is 3.99. The maximum Gasteiger partial charge on any atom is 0.329 e. The number of hydrogen-bond donors (Lipinski definition) is 0. The van der Waals surface area contributed by atoms with E-state index in [-0.39, 0.29) is 29.6 Å². The summed E-state index contributed by atoms with van der Waals surface area (Å²) in [6, 6.07) is 14.4. The summed E-state index contributed by atoms with van der Waals surface area (Å²) >= 11 is 0. The van der Waals surface area contributed by atoms with E-state index in [1.165, 1.54) is 0 Å². The van der Waals surface area contributed by atoms with Crippen LogP contribution in [-0.2, 0) is 9.84 Å². The maximum absolute atomic E-state index is 13.2. The van der Waals surface area contributed by atoms with E-state index in [1.807, 2.05) is 62.4 Å². The molecule has 5 nitrogen and oxygen atoms in total. The van der Waals surface area contributed by atoms with Gasteiger partial charge in [0.15, 0.2) is 9.84 Å². The van der Waals surface area contributed by atoms with Gasteiger partial charge in [0.2, 0.25) is 0 Å². The van der Waals surface area contributed by atoms with E-state index in [1.54, 1.807) is 9.80 Å². The molecule has 130 valence electrons. The van der Waals surface area contributed by atoms with Gasteiger partial charge in [0.25, 0.3) is 0 Å². The van der Waals surface area contributed by atoms with Gasteiger partial charge in [-0.3, -0.25) is 9.80 Å². The van der Waals surface area contributed by atoms with Crippen LogP contribution in [0, 0.1) is 13.8 Å². The highest BCUT2D eigenvalue weighted by Crippen LogP contribution is 2.38. The van der Waals surface area contributed by atoms with Crippen molar-refractivity contribution in [3.8, 4) is 0 Å². The first-order chi connectivity index (χ1) is 11.9. The summed E-state index contributed by atoms with van der Waals surface area (Å²) in [6.07, 6.45) is 0. The largest absolute Gasteiger partial charge is 0.329 e. The number of amides is 2. The highest BCUT2D eigenvalue weighted by molar-refractivity contribution is 7.91. The molecule has 0 unspecified atom stereocenters. The molecule has 2 fully saturated rings. The van der Waals surface area contributed by atoms with E-state index in [2.05, 4.69) is 0 Å². The third-order valence-electron chi connectivity index (χ3n) is 4.89. The number of aryl methyl sites for hydroxylation is 2. The van der Waals surface area contributed by atoms with Crippen LogP contribution in [0.15, 0.2) is 48.5 Å². The minimum absolute atomic E-state index is 0.0135. The third-order valence-corrected chi connectivity index (χ3v) is 6.59. The van der Waals surface area contributed by atoms with Gasteiger partial charge in [-0.1, -0.05) is 24.3 Å². The average molecular weight is 356 g/mol. The van der Waals surface area contributed by atoms with Crippen LogP contribution in [0.25, 0.3) is 0 Å². The molecular formula is C19H20N2O3S. The summed E-state index contributed by atoms with van der Waals surface area (Å²) in [7, 11) is -3.17. The van der Waals surface area contributed by atoms with Crippen LogP contribution >= 0.6 is 0 Å². The number of nitrogens with zero attached hydrogens (tertiary/aromatic N) is 2. The zero-order valence-electron chi connectivity index (χ0n) is 14.2. The topological polar surface area (TPSA) is 57.7 Å². The summed E-state index contributed by atoms with van der Waals surface area (Å²) in [5.74, 6) is 0.0271. The zero-order valence-corrected chi connectivity index (χ0v) is 15.0. The number of sulfone groups is 1. The molecular weight excluding hydrogens is 336 g/mol. The Balaban J connectivity index is 1.83. The van der Waals surface area contributed by atoms with E-state index >= 15 is 0 Å². The lowest BCUT2D eigenvalue weighted by molar-refractivity contribution is 0.255. The predicted octanol–water partition coefficient (Wildman–Crippen LogP) is 2.92. The fourth-order valence-corrected chi connectivity index (χ4v) is 5.90. The second-order valence-electron chi connectivity index (χ2n) is 6.92. The first-order valence-corrected chi connectivity index (χ1v) is 10.1. The van der Waals surface area contributed by atoms with Crippen molar-refractivity contribution < 1.29 is 13.2 Å². The number of benzene rings is 2. The molecule has 2 aromatic carbocycles. The normalized spacial score (nSPS) is 24.6. The van der Waals surface area contributed by atoms with Crippen molar-refractivity contribution in [3.63, 3.8) is 0 Å². The summed E-state index contributed by atoms with van der Waals surface area (Å²) in [5, 5.41) is 0. The number of anilines is 2. The van der Waals surface area contributed by atoms with E-state index in [0.717, 1.165) is 22.5 Å². The van der Waals surface area contributed by atoms with Crippen LogP contribution in [-0.4, -0.2) is 38.0 Å². The molecule has 0 radical (unpaired) electrons. The van der Waals surface area contributed by atoms with Gasteiger partial charge in [-0.2, -0.15) is 0 Å². The first kappa shape index (κ1) is 16.1. The Kier molecular flexibility index (Phi) is 3.61. The number of carbonyl (C=O) groups is 1. The third kappa shape index (κ3) is 2.70. The number of carbonyl (C=O) groups excluding carboxylic acids is 1. The molecule has 0 aliphatic carbocycles. The van der Waals surface area contributed by atoms with Crippen molar-refractivity contribution in [2.45, 2.75) is 25.9 Å². The first-order valence-electron chi connectivity index (χ1n) is 8.32. The highest BCUT2D eigenvalue weighted by Gasteiger charge is 2.54. The summed E-state index contributed by atoms with van der Waals surface area (Å²) in [4.78, 5) is 16.5. The van der Waals surface area contributed by atoms with Crippen molar-refractivity contribution >= 4 is 27.2 Å². The SMILES string of the molecule is Cc1cc(C)cc(N2C(=O)N(c3ccccc3)[C@@H]3CS(=O)(=O)C[C@H]32)c1. The molecule has 0 aromatic heterocycles. The molecule has 0 bridgehead atoms. The van der Waals surface area contributed by atoms with Gasteiger partial charge >= 0.3 is 6.03 Å². The smallest absolute Gasteiger partial charge is 0.288 e. The highest BCUT2D eigenvalue weighted by atomic mass is 32.2. The van der Waals surface area contributed by atoms with Crippen LogP contribution < -0.4 is 9.80 Å². The Hall–Kier alpha value is -2.34. The summed E-state index contributed by atoms with van der Waals surface area (Å²) in [5.41, 5.74) is 3.62. The standard InChI is InChI=1S/C19H20N2O3S/c1-13-8-14(2)10-16(9-13)21-18-12-25(23,24)11-17(18)20(19(21)22)15-6-4-3-5-7-15/h3-10,17-18H,11-12H2,1-2H3/t17-,18-/m1/s1. The molecule has 2 aromatic rings. The van der Waals surface area contributed by atoms with Crippen LogP contribution in [0.5, 0.6) is 0 Å². The van der Waals surface area contributed by atoms with Crippen LogP contribution in [0.3, 0.4) is 0 Å². The van der Waals surface area contributed by atoms with Crippen molar-refractivity contribution in [2.24, 2.45) is 0 Å². The van der Waals surface area contributed by atoms with Gasteiger partial charge in [0.05, 0.1) is 23.6 Å². The van der Waals surface area contributed by atoms with Crippen LogP contribution in [0.4, 0.5) is 16.2 Å². The van der Waals surface area contributed by atoms with Gasteiger partial charge in [-0.15, -0.1) is 0 Å². The lowest BCUT2D eigenvalue weighted by Gasteiger charge is -2.23. The quantitative estimate of drug-likeness (QED) is 0.778. The van der Waals surface area contributed by atoms with Gasteiger partial charge in [-0.05, 0) is 49.2 Å². The average Bonchev–Trinajstić information content (AvgIpc) is 2.95. The lowest BCUT2D eigenvalue weighted by Crippen LogP contribution is -2.38. The second-order valence-corrected chi connectivity index (χ2v) is 9.07. The summed E-state index contributed by atoms with van der Waals surface area (Å²) in [6.45, 7) is 3.96. The zero-order chi connectivity index (χ0) is 17.8. The maximum atomic E-state index is 13.2. The van der Waals surface area contributed by atoms with Crippen molar-refractivity contribution in [1.29, 1.82) is 0 Å². The second kappa shape index (κ2) is 5.59. The number of fused-ring (bicyclic) bond motifs is 1. The van der Waals surface area contributed by atoms with Crippen molar-refractivity contribution in [3.05, 3.63) is 59.7 Å². The monoisotopic (exact) mass is 356 g/mol. The van der Waals surface area contributed by atoms with Gasteiger partial charge in [0.1, 0.15) is 0 Å². The molecule has 25 heavy (non-hydrogen) atoms. The predicted molar refractivity (Wildman–Crippen MR) is 98.9 cm³/mol. The van der Waals surface area contributed by atoms with Gasteiger partial charge in [0, 0.05) is 11.4 Å². The van der Waals surface area contributed by atoms with Crippen molar-refractivity contribution in [2.75, 3.05) is 21.3 Å². The van der Waals surface area contributed by atoms with Gasteiger partial charge in [-0.25, -0.2) is 13.2 Å². The number of hydrogen-bond acceptors (Lipinski definition) is 3. The van der Waals surface area contributed by atoms with Crippen LogP contribution in [0.2, 0.25) is 0 Å². The molecule has 2 atom stereocenters. The minimum Gasteiger partial charge on any atom is -0.288 e. The Morgan fingerprint density at radius 1 is 0.840 bits per heavy atom. The molecule has 2 aliphatic rings. The Morgan fingerprint density at radius 3 is 1.92 bits per heavy atom. The molecule has 2 aliphatic heterocycles. The van der Waals surface area contributed by atoms with Gasteiger partial charge < -0.3 is 0 Å². The number of para-hydroxylation sites is 1. The van der Waals surface area contributed by atoms with Crippen LogP contribution in [0.1, 0.15) is 11.1 Å². The molecule has 6 heteroatoms. The van der Waals surface area contributed by atoms with E-state index in [4.69, 9.17) is 0 Å². The minimum atomic E-state index is -3.17. The fraction of sp³-hybridized carbons (Fsp3) is 0.316. The molecule has 0 spiro atoms. The number of urea groups is 1. The molecule has 0 N–H and O–H groups in total. The molecule has 4 rings (SSSR count). The molecule has 2 heterocycles. The van der Waals surface area contributed by atoms with Crippen molar-refractivity contribution in [1.82, 2.24) is 0 Å². The Labute approximate surface area is 147 Å². The van der Waals surface area contributed by atoms with E-state index < -0.39 is 9.84 Å². The Bertz CT molecular complexity index is 920. The molecule has 2 saturated heterocycles. The van der Waals surface area contributed by atoms with E-state index in [9.17, 15) is 13.2 Å². The lowest BCUT2D eigenvalue weighted by atomic mass is 10.1. The number of rotatable bonds is 2. The van der Waals surface area contributed by atoms with E-state index in [0.29, 0.717) is 0 Å². The Morgan fingerprint density at radius 2 is 1.36 bits per heavy atom. The summed E-state index contributed by atoms with van der Waals surface area (Å²) < 4.78 is 24.5. The molecule has 0 saturated carbocycles. The molecule has 2 amide bonds.